The fourth-order valence-electron chi connectivity index (χ4n) is 3.87. The maximum atomic E-state index is 11.5. The largest absolute Gasteiger partial charge is 0.379 e. The summed E-state index contributed by atoms with van der Waals surface area (Å²) >= 11 is 0. The number of carbonyl (C=O) groups excluding carboxylic acids is 1. The number of anilines is 1. The Labute approximate surface area is 158 Å². The maximum absolute atomic E-state index is 11.5. The molecule has 1 fully saturated rings. The van der Waals surface area contributed by atoms with Crippen LogP contribution in [-0.2, 0) is 9.53 Å². The normalized spacial score (nSPS) is 16.4. The number of benzene rings is 1. The van der Waals surface area contributed by atoms with E-state index in [0.29, 0.717) is 0 Å². The number of hydrogen-bond acceptors (Lipinski definition) is 4. The molecule has 3 aromatic rings. The minimum atomic E-state index is -0.0717. The Morgan fingerprint density at radius 2 is 2.07 bits per heavy atom. The van der Waals surface area contributed by atoms with E-state index in [0.717, 1.165) is 54.3 Å². The van der Waals surface area contributed by atoms with E-state index in [9.17, 15) is 4.79 Å². The van der Waals surface area contributed by atoms with Crippen LogP contribution in [0.1, 0.15) is 29.9 Å². The molecule has 0 aliphatic carbocycles. The van der Waals surface area contributed by atoms with Gasteiger partial charge in [-0.2, -0.15) is 0 Å². The highest BCUT2D eigenvalue weighted by Gasteiger charge is 2.29. The number of nitrogens with one attached hydrogen (secondary N) is 2. The lowest BCUT2D eigenvalue weighted by molar-refractivity contribution is -0.114. The van der Waals surface area contributed by atoms with Gasteiger partial charge in [-0.25, -0.2) is 0 Å². The van der Waals surface area contributed by atoms with E-state index in [-0.39, 0.29) is 11.9 Å². The molecule has 2 N–H and O–H groups in total. The van der Waals surface area contributed by atoms with Crippen molar-refractivity contribution in [1.29, 1.82) is 0 Å². The predicted molar refractivity (Wildman–Crippen MR) is 106 cm³/mol. The lowest BCUT2D eigenvalue weighted by atomic mass is 9.97. The third kappa shape index (κ3) is 3.59. The number of rotatable bonds is 4. The van der Waals surface area contributed by atoms with Crippen molar-refractivity contribution in [3.63, 3.8) is 0 Å². The van der Waals surface area contributed by atoms with Gasteiger partial charge >= 0.3 is 0 Å². The average Bonchev–Trinajstić information content (AvgIpc) is 2.99. The van der Waals surface area contributed by atoms with Gasteiger partial charge in [0.2, 0.25) is 5.91 Å². The monoisotopic (exact) mass is 364 g/mol. The van der Waals surface area contributed by atoms with Crippen LogP contribution in [0.2, 0.25) is 0 Å². The van der Waals surface area contributed by atoms with E-state index in [1.54, 1.807) is 0 Å². The second-order valence-electron chi connectivity index (χ2n) is 6.91. The first kappa shape index (κ1) is 17.7. The van der Waals surface area contributed by atoms with Gasteiger partial charge < -0.3 is 15.0 Å². The van der Waals surface area contributed by atoms with Gasteiger partial charge in [0.1, 0.15) is 0 Å². The van der Waals surface area contributed by atoms with Gasteiger partial charge in [-0.15, -0.1) is 0 Å². The topological polar surface area (TPSA) is 70.2 Å². The molecule has 1 aromatic carbocycles. The molecular formula is C21H24N4O2. The van der Waals surface area contributed by atoms with Crippen molar-refractivity contribution in [1.82, 2.24) is 14.9 Å². The summed E-state index contributed by atoms with van der Waals surface area (Å²) in [6.45, 7) is 6.79. The molecule has 6 nitrogen and oxygen atoms in total. The zero-order chi connectivity index (χ0) is 18.8. The van der Waals surface area contributed by atoms with Crippen LogP contribution in [0, 0.1) is 6.92 Å². The molecule has 2 aromatic heterocycles. The van der Waals surface area contributed by atoms with Crippen molar-refractivity contribution in [2.75, 3.05) is 31.6 Å². The highest BCUT2D eigenvalue weighted by Crippen LogP contribution is 2.36. The molecule has 1 aliphatic heterocycles. The third-order valence-electron chi connectivity index (χ3n) is 5.01. The number of amides is 1. The number of aromatic amines is 1. The fraction of sp³-hybridized carbons (Fsp3) is 0.333. The molecule has 0 radical (unpaired) electrons. The molecule has 4 rings (SSSR count). The van der Waals surface area contributed by atoms with Gasteiger partial charge in [0.25, 0.3) is 0 Å². The molecule has 6 heteroatoms. The first-order valence-corrected chi connectivity index (χ1v) is 9.26. The fourth-order valence-corrected chi connectivity index (χ4v) is 3.87. The molecule has 1 saturated heterocycles. The number of fused-ring (bicyclic) bond motifs is 1. The van der Waals surface area contributed by atoms with Gasteiger partial charge in [0, 0.05) is 54.1 Å². The van der Waals surface area contributed by atoms with Gasteiger partial charge in [-0.05, 0) is 37.3 Å². The molecule has 3 heterocycles. The number of H-pyrrole nitrogens is 1. The van der Waals surface area contributed by atoms with Crippen molar-refractivity contribution in [3.05, 3.63) is 59.5 Å². The van der Waals surface area contributed by atoms with E-state index in [1.807, 2.05) is 36.5 Å². The van der Waals surface area contributed by atoms with Crippen LogP contribution in [0.5, 0.6) is 0 Å². The van der Waals surface area contributed by atoms with E-state index in [1.165, 1.54) is 12.5 Å². The van der Waals surface area contributed by atoms with E-state index in [2.05, 4.69) is 33.2 Å². The number of carbonyl (C=O) groups is 1. The van der Waals surface area contributed by atoms with E-state index < -0.39 is 0 Å². The number of hydrogen-bond donors (Lipinski definition) is 2. The maximum Gasteiger partial charge on any atom is 0.221 e. The molecule has 1 aliphatic rings. The summed E-state index contributed by atoms with van der Waals surface area (Å²) in [5, 5.41) is 4.00. The zero-order valence-corrected chi connectivity index (χ0v) is 15.7. The Kier molecular flexibility index (Phi) is 4.92. The second-order valence-corrected chi connectivity index (χ2v) is 6.91. The molecule has 0 spiro atoms. The number of morpholine rings is 1. The van der Waals surface area contributed by atoms with E-state index in [4.69, 9.17) is 4.74 Å². The Morgan fingerprint density at radius 3 is 2.78 bits per heavy atom. The number of nitrogens with zero attached hydrogens (tertiary/aromatic N) is 2. The van der Waals surface area contributed by atoms with Crippen LogP contribution in [0.3, 0.4) is 0 Å². The summed E-state index contributed by atoms with van der Waals surface area (Å²) in [7, 11) is 0. The van der Waals surface area contributed by atoms with Crippen LogP contribution in [0.15, 0.2) is 42.6 Å². The van der Waals surface area contributed by atoms with Crippen LogP contribution < -0.4 is 5.32 Å². The van der Waals surface area contributed by atoms with Crippen molar-refractivity contribution >= 4 is 22.5 Å². The summed E-state index contributed by atoms with van der Waals surface area (Å²) < 4.78 is 5.57. The Morgan fingerprint density at radius 1 is 1.26 bits per heavy atom. The Balaban J connectivity index is 1.86. The Bertz CT molecular complexity index is 945. The summed E-state index contributed by atoms with van der Waals surface area (Å²) in [5.41, 5.74) is 5.21. The van der Waals surface area contributed by atoms with Gasteiger partial charge in [0.05, 0.1) is 24.9 Å². The molecular weight excluding hydrogens is 340 g/mol. The van der Waals surface area contributed by atoms with Crippen LogP contribution in [0.4, 0.5) is 5.69 Å². The first-order valence-electron chi connectivity index (χ1n) is 9.26. The molecule has 1 atom stereocenters. The number of aryl methyl sites for hydroxylation is 1. The summed E-state index contributed by atoms with van der Waals surface area (Å²) in [6.07, 6.45) is 1.84. The molecule has 0 saturated carbocycles. The van der Waals surface area contributed by atoms with Gasteiger partial charge in [-0.3, -0.25) is 14.7 Å². The highest BCUT2D eigenvalue weighted by atomic mass is 16.5. The van der Waals surface area contributed by atoms with Crippen LogP contribution in [0.25, 0.3) is 10.9 Å². The predicted octanol–water partition coefficient (Wildman–Crippen LogP) is 3.25. The molecule has 0 bridgehead atoms. The molecule has 27 heavy (non-hydrogen) atoms. The quantitative estimate of drug-likeness (QED) is 0.746. The molecule has 1 amide bonds. The standard InChI is InChI=1S/C21H24N4O2/c1-14-20(17-13-16(24-15(2)26)6-7-18(17)23-14)21(19-5-3-4-8-22-19)25-9-11-27-12-10-25/h3-8,13,21,23H,9-12H2,1-2H3,(H,24,26). The van der Waals surface area contributed by atoms with Crippen molar-refractivity contribution < 1.29 is 9.53 Å². The Hall–Kier alpha value is -2.70. The van der Waals surface area contributed by atoms with Crippen molar-refractivity contribution in [2.45, 2.75) is 19.9 Å². The molecule has 1 unspecified atom stereocenters. The summed E-state index contributed by atoms with van der Waals surface area (Å²) in [4.78, 5) is 22.1. The summed E-state index contributed by atoms with van der Waals surface area (Å²) in [5.74, 6) is -0.0717. The minimum Gasteiger partial charge on any atom is -0.379 e. The van der Waals surface area contributed by atoms with Gasteiger partial charge in [0.15, 0.2) is 0 Å². The number of ether oxygens (including phenoxy) is 1. The smallest absolute Gasteiger partial charge is 0.221 e. The zero-order valence-electron chi connectivity index (χ0n) is 15.7. The first-order chi connectivity index (χ1) is 13.1. The number of pyridine rings is 1. The SMILES string of the molecule is CC(=O)Nc1ccc2[nH]c(C)c(C(c3ccccn3)N3CCOCC3)c2c1. The second kappa shape index (κ2) is 7.50. The third-order valence-corrected chi connectivity index (χ3v) is 5.01. The van der Waals surface area contributed by atoms with Gasteiger partial charge in [-0.1, -0.05) is 6.07 Å². The van der Waals surface area contributed by atoms with Crippen molar-refractivity contribution in [3.8, 4) is 0 Å². The minimum absolute atomic E-state index is 0.0384. The summed E-state index contributed by atoms with van der Waals surface area (Å²) in [6, 6.07) is 12.1. The molecule has 140 valence electrons. The number of aromatic nitrogens is 2. The average molecular weight is 364 g/mol. The lowest BCUT2D eigenvalue weighted by Gasteiger charge is -2.34. The van der Waals surface area contributed by atoms with Crippen LogP contribution in [-0.4, -0.2) is 47.1 Å². The van der Waals surface area contributed by atoms with E-state index >= 15 is 0 Å². The highest BCUT2D eigenvalue weighted by molar-refractivity contribution is 5.94. The van der Waals surface area contributed by atoms with Crippen molar-refractivity contribution in [2.24, 2.45) is 0 Å². The lowest BCUT2D eigenvalue weighted by Crippen LogP contribution is -2.40. The van der Waals surface area contributed by atoms with Crippen LogP contribution >= 0.6 is 0 Å².